The molecule has 2 aromatic rings. The Bertz CT molecular complexity index is 600. The fourth-order valence-corrected chi connectivity index (χ4v) is 3.25. The summed E-state index contributed by atoms with van der Waals surface area (Å²) in [4.78, 5) is 0. The Morgan fingerprint density at radius 2 is 1.95 bits per heavy atom. The van der Waals surface area contributed by atoms with Crippen molar-refractivity contribution < 1.29 is 0 Å². The van der Waals surface area contributed by atoms with Gasteiger partial charge in [0.05, 0.1) is 0 Å². The molecule has 0 spiro atoms. The van der Waals surface area contributed by atoms with E-state index in [1.54, 1.807) is 0 Å². The van der Waals surface area contributed by atoms with E-state index in [1.165, 1.54) is 34.2 Å². The molecule has 0 saturated carbocycles. The molecule has 0 heterocycles. The number of hydrogen-bond donors (Lipinski definition) is 1. The molecule has 19 heavy (non-hydrogen) atoms. The smallest absolute Gasteiger partial charge is 0.0303 e. The van der Waals surface area contributed by atoms with Crippen LogP contribution in [0.15, 0.2) is 42.5 Å². The van der Waals surface area contributed by atoms with E-state index in [-0.39, 0.29) is 6.04 Å². The second-order valence-corrected chi connectivity index (χ2v) is 5.80. The summed E-state index contributed by atoms with van der Waals surface area (Å²) in [6, 6.07) is 15.5. The van der Waals surface area contributed by atoms with Gasteiger partial charge in [0.1, 0.15) is 0 Å². The molecule has 2 unspecified atom stereocenters. The van der Waals surface area contributed by atoms with Gasteiger partial charge in [0.25, 0.3) is 0 Å². The maximum atomic E-state index is 6.41. The number of aryl methyl sites for hydroxylation is 2. The van der Waals surface area contributed by atoms with Crippen LogP contribution in [0.4, 0.5) is 0 Å². The van der Waals surface area contributed by atoms with Crippen LogP contribution in [0.5, 0.6) is 0 Å². The molecule has 2 aromatic carbocycles. The number of rotatable bonds is 3. The minimum atomic E-state index is 0.152. The Balaban J connectivity index is 1.75. The Morgan fingerprint density at radius 3 is 2.68 bits per heavy atom. The van der Waals surface area contributed by atoms with E-state index in [2.05, 4.69) is 56.3 Å². The highest BCUT2D eigenvalue weighted by Crippen LogP contribution is 2.40. The van der Waals surface area contributed by atoms with Gasteiger partial charge in [-0.05, 0) is 54.9 Å². The molecule has 1 aliphatic carbocycles. The largest absolute Gasteiger partial charge is 0.324 e. The molecule has 1 aliphatic rings. The molecule has 2 atom stereocenters. The summed E-state index contributed by atoms with van der Waals surface area (Å²) in [6.45, 7) is 4.29. The van der Waals surface area contributed by atoms with Gasteiger partial charge in [-0.25, -0.2) is 0 Å². The van der Waals surface area contributed by atoms with Gasteiger partial charge in [-0.3, -0.25) is 0 Å². The maximum Gasteiger partial charge on any atom is 0.0303 e. The fourth-order valence-electron chi connectivity index (χ4n) is 3.25. The summed E-state index contributed by atoms with van der Waals surface area (Å²) in [5.74, 6) is 0.645. The maximum absolute atomic E-state index is 6.41. The van der Waals surface area contributed by atoms with Crippen LogP contribution in [0, 0.1) is 13.8 Å². The molecule has 0 amide bonds. The molecule has 0 bridgehead atoms. The van der Waals surface area contributed by atoms with Crippen LogP contribution >= 0.6 is 0 Å². The Labute approximate surface area is 115 Å². The zero-order chi connectivity index (χ0) is 13.4. The Hall–Kier alpha value is -1.60. The topological polar surface area (TPSA) is 26.0 Å². The van der Waals surface area contributed by atoms with Gasteiger partial charge in [-0.2, -0.15) is 0 Å². The molecule has 1 nitrogen and oxygen atoms in total. The van der Waals surface area contributed by atoms with E-state index in [0.717, 1.165) is 6.42 Å². The predicted molar refractivity (Wildman–Crippen MR) is 80.3 cm³/mol. The second kappa shape index (κ2) is 4.82. The van der Waals surface area contributed by atoms with Gasteiger partial charge < -0.3 is 5.73 Å². The van der Waals surface area contributed by atoms with Gasteiger partial charge >= 0.3 is 0 Å². The van der Waals surface area contributed by atoms with Crippen molar-refractivity contribution in [2.75, 3.05) is 0 Å². The first-order valence-electron chi connectivity index (χ1n) is 7.05. The van der Waals surface area contributed by atoms with Crippen LogP contribution in [0.3, 0.4) is 0 Å². The summed E-state index contributed by atoms with van der Waals surface area (Å²) in [6.07, 6.45) is 2.25. The zero-order valence-corrected chi connectivity index (χ0v) is 11.7. The number of fused-ring (bicyclic) bond motifs is 1. The average molecular weight is 251 g/mol. The van der Waals surface area contributed by atoms with E-state index in [4.69, 9.17) is 5.73 Å². The van der Waals surface area contributed by atoms with Crippen LogP contribution in [0.1, 0.15) is 46.2 Å². The Kier molecular flexibility index (Phi) is 3.16. The molecule has 0 fully saturated rings. The van der Waals surface area contributed by atoms with Gasteiger partial charge in [0.2, 0.25) is 0 Å². The standard InChI is InChI=1S/C18H21N/c1-12-7-8-16(13(2)9-12)18(19)11-15-10-14-5-3-4-6-17(14)15/h3-9,15,18H,10-11,19H2,1-2H3. The van der Waals surface area contributed by atoms with E-state index in [1.807, 2.05) is 0 Å². The molecule has 0 aliphatic heterocycles. The lowest BCUT2D eigenvalue weighted by atomic mass is 9.73. The second-order valence-electron chi connectivity index (χ2n) is 5.80. The molecule has 1 heteroatoms. The summed E-state index contributed by atoms with van der Waals surface area (Å²) < 4.78 is 0. The summed E-state index contributed by atoms with van der Waals surface area (Å²) in [7, 11) is 0. The van der Waals surface area contributed by atoms with Gasteiger partial charge in [-0.15, -0.1) is 0 Å². The van der Waals surface area contributed by atoms with Crippen LogP contribution in [0.25, 0.3) is 0 Å². The molecule has 0 radical (unpaired) electrons. The van der Waals surface area contributed by atoms with Crippen LogP contribution < -0.4 is 5.73 Å². The zero-order valence-electron chi connectivity index (χ0n) is 11.7. The molecule has 2 N–H and O–H groups in total. The molecule has 0 saturated heterocycles. The monoisotopic (exact) mass is 251 g/mol. The quantitative estimate of drug-likeness (QED) is 0.875. The van der Waals surface area contributed by atoms with E-state index in [0.29, 0.717) is 5.92 Å². The van der Waals surface area contributed by atoms with Crippen LogP contribution in [-0.2, 0) is 6.42 Å². The minimum Gasteiger partial charge on any atom is -0.324 e. The third-order valence-corrected chi connectivity index (χ3v) is 4.32. The highest BCUT2D eigenvalue weighted by molar-refractivity contribution is 5.41. The van der Waals surface area contributed by atoms with Gasteiger partial charge in [-0.1, -0.05) is 48.0 Å². The van der Waals surface area contributed by atoms with E-state index < -0.39 is 0 Å². The van der Waals surface area contributed by atoms with Crippen molar-refractivity contribution in [1.29, 1.82) is 0 Å². The van der Waals surface area contributed by atoms with E-state index >= 15 is 0 Å². The lowest BCUT2D eigenvalue weighted by Crippen LogP contribution is -2.23. The Morgan fingerprint density at radius 1 is 1.16 bits per heavy atom. The number of benzene rings is 2. The SMILES string of the molecule is Cc1ccc(C(N)CC2Cc3ccccc32)c(C)c1. The first kappa shape index (κ1) is 12.4. The van der Waals surface area contributed by atoms with Gasteiger partial charge in [0, 0.05) is 6.04 Å². The highest BCUT2D eigenvalue weighted by atomic mass is 14.6. The molecular formula is C18H21N. The first-order chi connectivity index (χ1) is 9.15. The lowest BCUT2D eigenvalue weighted by molar-refractivity contribution is 0.497. The van der Waals surface area contributed by atoms with Crippen LogP contribution in [0.2, 0.25) is 0 Å². The van der Waals surface area contributed by atoms with Crippen molar-refractivity contribution in [2.45, 2.75) is 38.6 Å². The normalized spacial score (nSPS) is 18.6. The highest BCUT2D eigenvalue weighted by Gasteiger charge is 2.27. The van der Waals surface area contributed by atoms with E-state index in [9.17, 15) is 0 Å². The lowest BCUT2D eigenvalue weighted by Gasteiger charge is -2.32. The first-order valence-corrected chi connectivity index (χ1v) is 7.05. The average Bonchev–Trinajstić information content (AvgIpc) is 2.35. The molecule has 98 valence electrons. The fraction of sp³-hybridized carbons (Fsp3) is 0.333. The van der Waals surface area contributed by atoms with Crippen LogP contribution in [-0.4, -0.2) is 0 Å². The van der Waals surface area contributed by atoms with Crippen molar-refractivity contribution in [3.63, 3.8) is 0 Å². The third kappa shape index (κ3) is 2.31. The van der Waals surface area contributed by atoms with Crippen molar-refractivity contribution >= 4 is 0 Å². The molecular weight excluding hydrogens is 230 g/mol. The van der Waals surface area contributed by atoms with Crippen molar-refractivity contribution in [3.8, 4) is 0 Å². The minimum absolute atomic E-state index is 0.152. The summed E-state index contributed by atoms with van der Waals surface area (Å²) in [5.41, 5.74) is 13.3. The van der Waals surface area contributed by atoms with Crippen molar-refractivity contribution in [1.82, 2.24) is 0 Å². The van der Waals surface area contributed by atoms with Gasteiger partial charge in [0.15, 0.2) is 0 Å². The summed E-state index contributed by atoms with van der Waals surface area (Å²) >= 11 is 0. The van der Waals surface area contributed by atoms with Crippen molar-refractivity contribution in [2.24, 2.45) is 5.73 Å². The third-order valence-electron chi connectivity index (χ3n) is 4.32. The molecule has 0 aromatic heterocycles. The van der Waals surface area contributed by atoms with Crippen molar-refractivity contribution in [3.05, 3.63) is 70.3 Å². The predicted octanol–water partition coefficient (Wildman–Crippen LogP) is 4.03. The number of nitrogens with two attached hydrogens (primary N) is 1. The molecule has 3 rings (SSSR count). The number of hydrogen-bond acceptors (Lipinski definition) is 1. The summed E-state index contributed by atoms with van der Waals surface area (Å²) in [5, 5.41) is 0.